The molecule has 0 saturated heterocycles. The van der Waals surface area contributed by atoms with Gasteiger partial charge >= 0.3 is 0 Å². The number of Topliss-reactive ketones (excluding diaryl/α,β-unsaturated/α-hetero) is 1. The molecule has 2 heterocycles. The van der Waals surface area contributed by atoms with Gasteiger partial charge in [-0.1, -0.05) is 78.9 Å². The van der Waals surface area contributed by atoms with E-state index < -0.39 is 5.92 Å². The zero-order chi connectivity index (χ0) is 28.6. The number of aryl methyl sites for hydroxylation is 1. The first kappa shape index (κ1) is 27.9. The van der Waals surface area contributed by atoms with Crippen LogP contribution in [0, 0.1) is 23.7 Å². The number of allylic oxidation sites excluding steroid dienone is 3. The zero-order valence-electron chi connectivity index (χ0n) is 22.2. The Bertz CT molecular complexity index is 1620. The normalized spacial score (nSPS) is 18.4. The maximum atomic E-state index is 13.7. The van der Waals surface area contributed by atoms with Crippen LogP contribution in [-0.2, 0) is 9.59 Å². The van der Waals surface area contributed by atoms with Crippen molar-refractivity contribution < 1.29 is 9.59 Å². The Morgan fingerprint density at radius 3 is 2.75 bits per heavy atom. The fourth-order valence-electron chi connectivity index (χ4n) is 5.15. The van der Waals surface area contributed by atoms with E-state index in [1.165, 1.54) is 23.1 Å². The minimum absolute atomic E-state index is 0.0478. The number of carbonyl (C=O) groups excluding carboxylic acids is 2. The summed E-state index contributed by atoms with van der Waals surface area (Å²) in [7, 11) is 0. The largest absolute Gasteiger partial charge is 0.384 e. The van der Waals surface area contributed by atoms with Crippen molar-refractivity contribution in [2.45, 2.75) is 43.9 Å². The average Bonchev–Trinajstić information content (AvgIpc) is 3.35. The lowest BCUT2D eigenvalue weighted by molar-refractivity contribution is -0.118. The quantitative estimate of drug-likeness (QED) is 0.326. The molecule has 0 bridgehead atoms. The summed E-state index contributed by atoms with van der Waals surface area (Å²) in [6, 6.07) is 17.0. The number of ketones is 1. The number of thioether (sulfide) groups is 1. The summed E-state index contributed by atoms with van der Waals surface area (Å²) < 4.78 is 0.567. The number of nitrogens with one attached hydrogen (secondary N) is 1. The van der Waals surface area contributed by atoms with E-state index in [1.807, 2.05) is 63.2 Å². The number of nitrogens with two attached hydrogens (primary N) is 1. The Labute approximate surface area is 245 Å². The summed E-state index contributed by atoms with van der Waals surface area (Å²) in [5, 5.41) is 22.7. The van der Waals surface area contributed by atoms with Crippen molar-refractivity contribution in [3.63, 3.8) is 0 Å². The van der Waals surface area contributed by atoms with Crippen LogP contribution in [0.5, 0.6) is 0 Å². The second-order valence-corrected chi connectivity index (χ2v) is 13.1. The Morgan fingerprint density at radius 2 is 2.02 bits per heavy atom. The first-order chi connectivity index (χ1) is 19.1. The molecular weight excluding hydrogens is 564 g/mol. The predicted molar refractivity (Wildman–Crippen MR) is 159 cm³/mol. The number of hydrogen-bond donors (Lipinski definition) is 2. The molecule has 0 spiro atoms. The van der Waals surface area contributed by atoms with Crippen molar-refractivity contribution in [3.05, 3.63) is 87.3 Å². The molecule has 1 aliphatic heterocycles. The molecule has 11 heteroatoms. The molecule has 0 radical (unpaired) electrons. The van der Waals surface area contributed by atoms with E-state index in [4.69, 9.17) is 17.3 Å². The van der Waals surface area contributed by atoms with Gasteiger partial charge in [0.1, 0.15) is 5.82 Å². The molecule has 8 nitrogen and oxygen atoms in total. The van der Waals surface area contributed by atoms with E-state index in [9.17, 15) is 14.9 Å². The highest BCUT2D eigenvalue weighted by molar-refractivity contribution is 8.01. The number of rotatable bonds is 6. The molecule has 1 amide bonds. The molecule has 1 aliphatic carbocycles. The van der Waals surface area contributed by atoms with E-state index in [2.05, 4.69) is 21.6 Å². The molecule has 1 aromatic heterocycles. The number of benzene rings is 2. The Kier molecular flexibility index (Phi) is 7.73. The highest BCUT2D eigenvalue weighted by atomic mass is 35.5. The van der Waals surface area contributed by atoms with Crippen molar-refractivity contribution in [3.8, 4) is 6.07 Å². The van der Waals surface area contributed by atoms with E-state index in [0.29, 0.717) is 44.2 Å². The second-order valence-electron chi connectivity index (χ2n) is 10.6. The van der Waals surface area contributed by atoms with Crippen LogP contribution in [0.15, 0.2) is 75.5 Å². The van der Waals surface area contributed by atoms with Gasteiger partial charge in [0.15, 0.2) is 10.1 Å². The van der Waals surface area contributed by atoms with Gasteiger partial charge in [0.25, 0.3) is 0 Å². The lowest BCUT2D eigenvalue weighted by atomic mass is 9.68. The van der Waals surface area contributed by atoms with Gasteiger partial charge in [-0.15, -0.1) is 10.2 Å². The lowest BCUT2D eigenvalue weighted by Gasteiger charge is -2.42. The first-order valence-electron chi connectivity index (χ1n) is 12.6. The smallest absolute Gasteiger partial charge is 0.234 e. The van der Waals surface area contributed by atoms with Gasteiger partial charge in [0.05, 0.1) is 23.3 Å². The number of nitriles is 1. The Morgan fingerprint density at radius 1 is 1.25 bits per heavy atom. The molecule has 40 heavy (non-hydrogen) atoms. The van der Waals surface area contributed by atoms with Crippen LogP contribution in [0.1, 0.15) is 43.7 Å². The molecule has 1 atom stereocenters. The van der Waals surface area contributed by atoms with E-state index in [0.717, 1.165) is 11.3 Å². The number of aromatic nitrogens is 2. The fraction of sp³-hybridized carbons (Fsp3) is 0.276. The standard InChI is InChI=1S/C29H27ClN6O2S2/c1-16-7-6-8-17(11-16)33-23(38)15-39-28-35-34-27(40-28)36-21-12-29(2,3)13-22(37)25(21)24(19(14-31)26(36)32)18-9-4-5-10-20(18)30/h4-11,24H,12-13,15,32H2,1-3H3,(H,33,38). The molecule has 3 N–H and O–H groups in total. The summed E-state index contributed by atoms with van der Waals surface area (Å²) in [5.41, 5.74) is 10.3. The van der Waals surface area contributed by atoms with Gasteiger partial charge in [-0.25, -0.2) is 0 Å². The van der Waals surface area contributed by atoms with Gasteiger partial charge in [-0.05, 0) is 48.1 Å². The zero-order valence-corrected chi connectivity index (χ0v) is 24.6. The average molecular weight is 591 g/mol. The first-order valence-corrected chi connectivity index (χ1v) is 14.8. The number of anilines is 2. The summed E-state index contributed by atoms with van der Waals surface area (Å²) in [4.78, 5) is 27.9. The molecule has 5 rings (SSSR count). The van der Waals surface area contributed by atoms with Crippen molar-refractivity contribution in [2.75, 3.05) is 16.0 Å². The van der Waals surface area contributed by atoms with Gasteiger partial charge in [-0.3, -0.25) is 14.5 Å². The monoisotopic (exact) mass is 590 g/mol. The summed E-state index contributed by atoms with van der Waals surface area (Å²) in [5.74, 6) is -0.537. The van der Waals surface area contributed by atoms with Crippen LogP contribution < -0.4 is 16.0 Å². The molecule has 204 valence electrons. The minimum Gasteiger partial charge on any atom is -0.384 e. The van der Waals surface area contributed by atoms with Crippen molar-refractivity contribution in [2.24, 2.45) is 11.1 Å². The third-order valence-electron chi connectivity index (χ3n) is 6.81. The minimum atomic E-state index is -0.666. The van der Waals surface area contributed by atoms with Crippen LogP contribution in [0.25, 0.3) is 0 Å². The van der Waals surface area contributed by atoms with Crippen LogP contribution in [0.2, 0.25) is 5.02 Å². The number of hydrogen-bond acceptors (Lipinski definition) is 9. The number of nitrogens with zero attached hydrogens (tertiary/aromatic N) is 4. The van der Waals surface area contributed by atoms with Crippen molar-refractivity contribution >= 4 is 57.2 Å². The van der Waals surface area contributed by atoms with Crippen LogP contribution >= 0.6 is 34.7 Å². The molecule has 3 aromatic rings. The van der Waals surface area contributed by atoms with Gasteiger partial charge in [0, 0.05) is 28.4 Å². The highest BCUT2D eigenvalue weighted by Crippen LogP contribution is 2.51. The van der Waals surface area contributed by atoms with Crippen LogP contribution in [0.4, 0.5) is 10.8 Å². The maximum Gasteiger partial charge on any atom is 0.234 e. The Balaban J connectivity index is 1.47. The highest BCUT2D eigenvalue weighted by Gasteiger charge is 2.45. The molecular formula is C29H27ClN6O2S2. The van der Waals surface area contributed by atoms with E-state index >= 15 is 0 Å². The molecule has 2 aromatic carbocycles. The van der Waals surface area contributed by atoms with E-state index in [-0.39, 0.29) is 34.3 Å². The van der Waals surface area contributed by atoms with Gasteiger partial charge in [0.2, 0.25) is 11.0 Å². The van der Waals surface area contributed by atoms with Gasteiger partial charge in [-0.2, -0.15) is 5.26 Å². The maximum absolute atomic E-state index is 13.7. The summed E-state index contributed by atoms with van der Waals surface area (Å²) in [6.07, 6.45) is 0.891. The van der Waals surface area contributed by atoms with E-state index in [1.54, 1.807) is 11.0 Å². The van der Waals surface area contributed by atoms with Crippen LogP contribution in [-0.4, -0.2) is 27.6 Å². The molecule has 0 fully saturated rings. The number of halogens is 1. The van der Waals surface area contributed by atoms with Crippen molar-refractivity contribution in [1.29, 1.82) is 5.26 Å². The van der Waals surface area contributed by atoms with Gasteiger partial charge < -0.3 is 11.1 Å². The molecule has 1 unspecified atom stereocenters. The third kappa shape index (κ3) is 5.50. The lowest BCUT2D eigenvalue weighted by Crippen LogP contribution is -2.42. The number of carbonyl (C=O) groups is 2. The second kappa shape index (κ2) is 11.1. The topological polar surface area (TPSA) is 125 Å². The van der Waals surface area contributed by atoms with Crippen molar-refractivity contribution in [1.82, 2.24) is 10.2 Å². The molecule has 0 saturated carbocycles. The summed E-state index contributed by atoms with van der Waals surface area (Å²) in [6.45, 7) is 6.03. The predicted octanol–water partition coefficient (Wildman–Crippen LogP) is 6.17. The third-order valence-corrected chi connectivity index (χ3v) is 9.20. The molecule has 2 aliphatic rings. The number of amides is 1. The van der Waals surface area contributed by atoms with Crippen LogP contribution in [0.3, 0.4) is 0 Å². The summed E-state index contributed by atoms with van der Waals surface area (Å²) >= 11 is 9.08. The SMILES string of the molecule is Cc1cccc(NC(=O)CSc2nnc(N3C(N)=C(C#N)C(c4ccccc4Cl)C4=C3CC(C)(C)CC4=O)s2)c1. The fourth-order valence-corrected chi connectivity index (χ4v) is 7.07. The Hall–Kier alpha value is -3.65.